The zero-order valence-corrected chi connectivity index (χ0v) is 14.0. The van der Waals surface area contributed by atoms with Crippen molar-refractivity contribution in [3.8, 4) is 5.88 Å². The average Bonchev–Trinajstić information content (AvgIpc) is 2.59. The minimum Gasteiger partial charge on any atom is -0.477 e. The second-order valence-electron chi connectivity index (χ2n) is 5.90. The van der Waals surface area contributed by atoms with Crippen LogP contribution in [0, 0.1) is 0 Å². The number of para-hydroxylation sites is 1. The quantitative estimate of drug-likeness (QED) is 0.848. The Morgan fingerprint density at radius 2 is 1.91 bits per heavy atom. The third-order valence-corrected chi connectivity index (χ3v) is 4.10. The van der Waals surface area contributed by atoms with Gasteiger partial charge in [-0.25, -0.2) is 4.98 Å². The first-order valence-electron chi connectivity index (χ1n) is 8.24. The molecule has 5 heteroatoms. The van der Waals surface area contributed by atoms with Crippen LogP contribution in [0.25, 0.3) is 10.9 Å². The molecule has 1 aliphatic heterocycles. The van der Waals surface area contributed by atoms with Gasteiger partial charge in [-0.2, -0.15) is 4.98 Å². The maximum atomic E-state index is 5.86. The largest absolute Gasteiger partial charge is 0.477 e. The van der Waals surface area contributed by atoms with E-state index in [1.54, 1.807) is 0 Å². The average molecular weight is 312 g/mol. The highest BCUT2D eigenvalue weighted by Crippen LogP contribution is 2.26. The number of benzene rings is 1. The van der Waals surface area contributed by atoms with Crippen LogP contribution >= 0.6 is 0 Å². The van der Waals surface area contributed by atoms with Crippen molar-refractivity contribution in [3.05, 3.63) is 36.5 Å². The molecule has 122 valence electrons. The van der Waals surface area contributed by atoms with Crippen LogP contribution < -0.4 is 9.64 Å². The van der Waals surface area contributed by atoms with Crippen LogP contribution in [-0.4, -0.2) is 47.7 Å². The van der Waals surface area contributed by atoms with Gasteiger partial charge in [-0.15, -0.1) is 0 Å². The number of aromatic nitrogens is 2. The standard InChI is InChI=1S/C18H24N4O/c1-4-13-23-17-15-7-5-6-8-16(15)19-18(20-17)22-11-9-21(10-12-22)14(2)3/h5-8H,2,4,9-13H2,1,3H3. The monoisotopic (exact) mass is 312 g/mol. The molecule has 2 aromatic rings. The summed E-state index contributed by atoms with van der Waals surface area (Å²) in [7, 11) is 0. The lowest BCUT2D eigenvalue weighted by Gasteiger charge is -2.36. The predicted molar refractivity (Wildman–Crippen MR) is 93.9 cm³/mol. The van der Waals surface area contributed by atoms with Crippen LogP contribution in [0.3, 0.4) is 0 Å². The molecule has 0 N–H and O–H groups in total. The molecule has 1 aromatic carbocycles. The Hall–Kier alpha value is -2.30. The number of hydrogen-bond donors (Lipinski definition) is 0. The fourth-order valence-corrected chi connectivity index (χ4v) is 2.77. The van der Waals surface area contributed by atoms with Crippen molar-refractivity contribution in [3.63, 3.8) is 0 Å². The molecule has 0 saturated carbocycles. The van der Waals surface area contributed by atoms with Crippen molar-refractivity contribution in [1.82, 2.24) is 14.9 Å². The van der Waals surface area contributed by atoms with Gasteiger partial charge < -0.3 is 14.5 Å². The van der Waals surface area contributed by atoms with Crippen molar-refractivity contribution < 1.29 is 4.74 Å². The lowest BCUT2D eigenvalue weighted by atomic mass is 10.2. The number of allylic oxidation sites excluding steroid dienone is 1. The summed E-state index contributed by atoms with van der Waals surface area (Å²) >= 11 is 0. The molecule has 0 bridgehead atoms. The summed E-state index contributed by atoms with van der Waals surface area (Å²) in [4.78, 5) is 13.9. The van der Waals surface area contributed by atoms with Crippen LogP contribution in [0.1, 0.15) is 20.3 Å². The van der Waals surface area contributed by atoms with Gasteiger partial charge in [-0.3, -0.25) is 0 Å². The van der Waals surface area contributed by atoms with E-state index in [1.165, 1.54) is 0 Å². The molecule has 0 atom stereocenters. The van der Waals surface area contributed by atoms with Gasteiger partial charge in [0.05, 0.1) is 17.5 Å². The summed E-state index contributed by atoms with van der Waals surface area (Å²) in [5.74, 6) is 1.45. The lowest BCUT2D eigenvalue weighted by molar-refractivity contribution is 0.305. The van der Waals surface area contributed by atoms with Crippen molar-refractivity contribution in [2.24, 2.45) is 0 Å². The van der Waals surface area contributed by atoms with Gasteiger partial charge in [0.2, 0.25) is 11.8 Å². The zero-order valence-electron chi connectivity index (χ0n) is 14.0. The number of anilines is 1. The van der Waals surface area contributed by atoms with Crippen LogP contribution in [0.4, 0.5) is 5.95 Å². The smallest absolute Gasteiger partial charge is 0.229 e. The Balaban J connectivity index is 1.87. The molecule has 2 heterocycles. The Morgan fingerprint density at radius 1 is 1.17 bits per heavy atom. The molecule has 0 spiro atoms. The third-order valence-electron chi connectivity index (χ3n) is 4.10. The molecule has 1 aliphatic rings. The molecule has 23 heavy (non-hydrogen) atoms. The van der Waals surface area contributed by atoms with E-state index in [0.29, 0.717) is 12.5 Å². The van der Waals surface area contributed by atoms with E-state index in [2.05, 4.69) is 35.2 Å². The molecule has 0 radical (unpaired) electrons. The first-order chi connectivity index (χ1) is 11.2. The van der Waals surface area contributed by atoms with Crippen LogP contribution in [-0.2, 0) is 0 Å². The lowest BCUT2D eigenvalue weighted by Crippen LogP contribution is -2.46. The Labute approximate surface area is 137 Å². The zero-order chi connectivity index (χ0) is 16.2. The predicted octanol–water partition coefficient (Wildman–Crippen LogP) is 3.07. The Kier molecular flexibility index (Phi) is 4.65. The van der Waals surface area contributed by atoms with E-state index < -0.39 is 0 Å². The second kappa shape index (κ2) is 6.86. The van der Waals surface area contributed by atoms with Crippen LogP contribution in [0.15, 0.2) is 36.5 Å². The molecule has 5 nitrogen and oxygen atoms in total. The molecular weight excluding hydrogens is 288 g/mol. The topological polar surface area (TPSA) is 41.5 Å². The van der Waals surface area contributed by atoms with Gasteiger partial charge in [0.1, 0.15) is 0 Å². The van der Waals surface area contributed by atoms with Gasteiger partial charge >= 0.3 is 0 Å². The van der Waals surface area contributed by atoms with E-state index in [4.69, 9.17) is 9.72 Å². The van der Waals surface area contributed by atoms with Crippen LogP contribution in [0.2, 0.25) is 0 Å². The molecule has 0 aliphatic carbocycles. The molecule has 1 fully saturated rings. The molecule has 1 saturated heterocycles. The fourth-order valence-electron chi connectivity index (χ4n) is 2.77. The summed E-state index contributed by atoms with van der Waals surface area (Å²) in [5, 5.41) is 0.977. The fraction of sp³-hybridized carbons (Fsp3) is 0.444. The summed E-state index contributed by atoms with van der Waals surface area (Å²) in [5.41, 5.74) is 2.06. The third kappa shape index (κ3) is 3.38. The number of rotatable bonds is 5. The number of piperazine rings is 1. The highest BCUT2D eigenvalue weighted by molar-refractivity contribution is 5.84. The van der Waals surface area contributed by atoms with Crippen molar-refractivity contribution in [2.75, 3.05) is 37.7 Å². The van der Waals surface area contributed by atoms with E-state index in [-0.39, 0.29) is 0 Å². The number of hydrogen-bond acceptors (Lipinski definition) is 5. The Morgan fingerprint density at radius 3 is 2.61 bits per heavy atom. The highest BCUT2D eigenvalue weighted by Gasteiger charge is 2.20. The van der Waals surface area contributed by atoms with Crippen molar-refractivity contribution in [2.45, 2.75) is 20.3 Å². The second-order valence-corrected chi connectivity index (χ2v) is 5.90. The first kappa shape index (κ1) is 15.6. The summed E-state index contributed by atoms with van der Waals surface area (Å²) in [6.07, 6.45) is 0.963. The Bertz CT molecular complexity index is 692. The van der Waals surface area contributed by atoms with Gasteiger partial charge in [0.15, 0.2) is 0 Å². The minimum absolute atomic E-state index is 0.671. The molecule has 0 unspecified atom stereocenters. The maximum Gasteiger partial charge on any atom is 0.229 e. The summed E-state index contributed by atoms with van der Waals surface area (Å²) < 4.78 is 5.86. The van der Waals surface area contributed by atoms with E-state index in [0.717, 1.165) is 55.1 Å². The van der Waals surface area contributed by atoms with Gasteiger partial charge in [0, 0.05) is 31.9 Å². The van der Waals surface area contributed by atoms with Crippen LogP contribution in [0.5, 0.6) is 5.88 Å². The molecule has 0 amide bonds. The van der Waals surface area contributed by atoms with Gasteiger partial charge in [-0.05, 0) is 25.5 Å². The molecular formula is C18H24N4O. The number of ether oxygens (including phenoxy) is 1. The highest BCUT2D eigenvalue weighted by atomic mass is 16.5. The van der Waals surface area contributed by atoms with Crippen molar-refractivity contribution in [1.29, 1.82) is 0 Å². The SMILES string of the molecule is C=C(C)N1CCN(c2nc(OCCC)c3ccccc3n2)CC1. The first-order valence-corrected chi connectivity index (χ1v) is 8.24. The maximum absolute atomic E-state index is 5.86. The number of nitrogens with zero attached hydrogens (tertiary/aromatic N) is 4. The van der Waals surface area contributed by atoms with Gasteiger partial charge in [0.25, 0.3) is 0 Å². The van der Waals surface area contributed by atoms with Crippen molar-refractivity contribution >= 4 is 16.9 Å². The van der Waals surface area contributed by atoms with E-state index >= 15 is 0 Å². The normalized spacial score (nSPS) is 15.0. The molecule has 1 aromatic heterocycles. The van der Waals surface area contributed by atoms with E-state index in [1.807, 2.05) is 24.3 Å². The van der Waals surface area contributed by atoms with E-state index in [9.17, 15) is 0 Å². The summed E-state index contributed by atoms with van der Waals surface area (Å²) in [6.45, 7) is 12.6. The molecule has 3 rings (SSSR count). The van der Waals surface area contributed by atoms with Gasteiger partial charge in [-0.1, -0.05) is 25.6 Å². The minimum atomic E-state index is 0.671. The summed E-state index contributed by atoms with van der Waals surface area (Å²) in [6, 6.07) is 8.03. The number of fused-ring (bicyclic) bond motifs is 1.